The number of benzene rings is 1. The Balaban J connectivity index is 1.41. The number of hydrogen-bond acceptors (Lipinski definition) is 9. The van der Waals surface area contributed by atoms with Crippen molar-refractivity contribution in [1.82, 2.24) is 4.57 Å². The number of ether oxygens (including phenoxy) is 2. The number of nitrogens with zero attached hydrogens (tertiary/aromatic N) is 2. The maximum Gasteiger partial charge on any atom is 0.341 e. The standard InChI is InChI=1S/C25H27N3O6S3/c1-33-21(31)12-28-16-9-6-7-11-18(16)37-25(28)27-20(30)14-35-13-19(29)26-23-22(24(32)34-2)15-8-4-3-5-10-17(15)36-23/h6-7,9,11H,3-5,8,10,12-14H2,1-2H3,(H,26,29). The van der Waals surface area contributed by atoms with E-state index in [-0.39, 0.29) is 24.0 Å². The number of nitrogens with one attached hydrogen (secondary N) is 1. The third kappa shape index (κ3) is 6.49. The summed E-state index contributed by atoms with van der Waals surface area (Å²) < 4.78 is 12.3. The van der Waals surface area contributed by atoms with Crippen molar-refractivity contribution in [3.63, 3.8) is 0 Å². The van der Waals surface area contributed by atoms with Crippen molar-refractivity contribution in [2.24, 2.45) is 4.99 Å². The summed E-state index contributed by atoms with van der Waals surface area (Å²) >= 11 is 3.87. The molecule has 1 aliphatic rings. The predicted molar refractivity (Wildman–Crippen MR) is 145 cm³/mol. The molecule has 0 unspecified atom stereocenters. The van der Waals surface area contributed by atoms with Crippen molar-refractivity contribution in [3.05, 3.63) is 45.1 Å². The molecule has 0 aliphatic heterocycles. The molecule has 4 rings (SSSR count). The van der Waals surface area contributed by atoms with E-state index in [1.807, 2.05) is 24.3 Å². The Morgan fingerprint density at radius 2 is 1.81 bits per heavy atom. The molecule has 2 amide bonds. The van der Waals surface area contributed by atoms with Gasteiger partial charge in [-0.15, -0.1) is 23.1 Å². The number of thiazole rings is 1. The lowest BCUT2D eigenvalue weighted by molar-refractivity contribution is -0.141. The van der Waals surface area contributed by atoms with Gasteiger partial charge in [0, 0.05) is 4.88 Å². The van der Waals surface area contributed by atoms with E-state index in [9.17, 15) is 19.2 Å². The molecule has 12 heteroatoms. The first-order valence-corrected chi connectivity index (χ1v) is 14.5. The van der Waals surface area contributed by atoms with E-state index in [2.05, 4.69) is 10.3 Å². The number of carbonyl (C=O) groups excluding carboxylic acids is 4. The van der Waals surface area contributed by atoms with Gasteiger partial charge in [-0.05, 0) is 43.4 Å². The average Bonchev–Trinajstić information content (AvgIpc) is 3.30. The molecule has 0 saturated heterocycles. The Morgan fingerprint density at radius 3 is 2.59 bits per heavy atom. The molecule has 1 N–H and O–H groups in total. The van der Waals surface area contributed by atoms with Crippen LogP contribution in [0.5, 0.6) is 0 Å². The van der Waals surface area contributed by atoms with E-state index >= 15 is 0 Å². The van der Waals surface area contributed by atoms with Gasteiger partial charge in [0.15, 0.2) is 4.80 Å². The molecule has 2 aromatic heterocycles. The molecular formula is C25H27N3O6S3. The summed E-state index contributed by atoms with van der Waals surface area (Å²) in [5.74, 6) is -1.59. The highest BCUT2D eigenvalue weighted by Crippen LogP contribution is 2.38. The quantitative estimate of drug-likeness (QED) is 0.329. The Morgan fingerprint density at radius 1 is 1.03 bits per heavy atom. The molecule has 2 heterocycles. The number of aryl methyl sites for hydroxylation is 1. The molecule has 0 bridgehead atoms. The Labute approximate surface area is 225 Å². The predicted octanol–water partition coefficient (Wildman–Crippen LogP) is 3.79. The van der Waals surface area contributed by atoms with Gasteiger partial charge in [-0.1, -0.05) is 29.9 Å². The number of thioether (sulfide) groups is 1. The third-order valence-corrected chi connectivity index (χ3v) is 9.03. The van der Waals surface area contributed by atoms with Crippen LogP contribution in [-0.2, 0) is 43.2 Å². The minimum absolute atomic E-state index is 0.00924. The third-order valence-electron chi connectivity index (χ3n) is 5.85. The minimum atomic E-state index is -0.445. The van der Waals surface area contributed by atoms with Gasteiger partial charge in [0.05, 0.1) is 41.5 Å². The summed E-state index contributed by atoms with van der Waals surface area (Å²) in [5.41, 5.74) is 2.22. The summed E-state index contributed by atoms with van der Waals surface area (Å²) in [4.78, 5) is 55.3. The van der Waals surface area contributed by atoms with E-state index < -0.39 is 17.8 Å². The Bertz CT molecular complexity index is 1400. The van der Waals surface area contributed by atoms with Gasteiger partial charge in [0.2, 0.25) is 5.91 Å². The van der Waals surface area contributed by atoms with E-state index in [1.54, 1.807) is 4.57 Å². The molecule has 1 aromatic carbocycles. The first-order chi connectivity index (χ1) is 17.9. The molecule has 0 radical (unpaired) electrons. The molecule has 9 nitrogen and oxygen atoms in total. The normalized spacial score (nSPS) is 13.6. The topological polar surface area (TPSA) is 116 Å². The second kappa shape index (κ2) is 12.5. The summed E-state index contributed by atoms with van der Waals surface area (Å²) in [6.45, 7) is -0.0600. The van der Waals surface area contributed by atoms with E-state index in [1.165, 1.54) is 36.9 Å². The fourth-order valence-electron chi connectivity index (χ4n) is 4.13. The average molecular weight is 562 g/mol. The molecular weight excluding hydrogens is 534 g/mol. The van der Waals surface area contributed by atoms with E-state index in [0.717, 1.165) is 64.5 Å². The molecule has 0 spiro atoms. The van der Waals surface area contributed by atoms with Gasteiger partial charge in [-0.25, -0.2) is 4.79 Å². The second-order valence-electron chi connectivity index (χ2n) is 8.32. The highest BCUT2D eigenvalue weighted by Gasteiger charge is 2.26. The number of rotatable bonds is 8. The van der Waals surface area contributed by atoms with E-state index in [4.69, 9.17) is 9.47 Å². The Kier molecular flexibility index (Phi) is 9.17. The van der Waals surface area contributed by atoms with Crippen molar-refractivity contribution in [3.8, 4) is 0 Å². The largest absolute Gasteiger partial charge is 0.468 e. The fourth-order valence-corrected chi connectivity index (χ4v) is 7.07. The van der Waals surface area contributed by atoms with Gasteiger partial charge in [-0.2, -0.15) is 4.99 Å². The summed E-state index contributed by atoms with van der Waals surface area (Å²) in [6.07, 6.45) is 4.86. The van der Waals surface area contributed by atoms with Crippen LogP contribution >= 0.6 is 34.4 Å². The summed E-state index contributed by atoms with van der Waals surface area (Å²) in [6, 6.07) is 7.46. The van der Waals surface area contributed by atoms with Crippen molar-refractivity contribution in [2.75, 3.05) is 31.0 Å². The van der Waals surface area contributed by atoms with Gasteiger partial charge >= 0.3 is 11.9 Å². The van der Waals surface area contributed by atoms with Crippen LogP contribution in [0.2, 0.25) is 0 Å². The zero-order chi connectivity index (χ0) is 26.4. The number of hydrogen-bond donors (Lipinski definition) is 1. The Hall–Kier alpha value is -2.96. The van der Waals surface area contributed by atoms with Crippen molar-refractivity contribution >= 4 is 73.4 Å². The number of aromatic nitrogens is 1. The minimum Gasteiger partial charge on any atom is -0.468 e. The first kappa shape index (κ1) is 27.1. The van der Waals surface area contributed by atoms with Crippen LogP contribution in [0, 0.1) is 0 Å². The SMILES string of the molecule is COC(=O)Cn1c(=NC(=O)CSCC(=O)Nc2sc3c(c2C(=O)OC)CCCCC3)sc2ccccc21. The van der Waals surface area contributed by atoms with E-state index in [0.29, 0.717) is 15.4 Å². The molecule has 0 fully saturated rings. The van der Waals surface area contributed by atoms with Crippen molar-refractivity contribution in [1.29, 1.82) is 0 Å². The number of anilines is 1. The number of thiophene rings is 1. The summed E-state index contributed by atoms with van der Waals surface area (Å²) in [5, 5.41) is 3.35. The lowest BCUT2D eigenvalue weighted by Gasteiger charge is -2.07. The molecule has 3 aromatic rings. The second-order valence-corrected chi connectivity index (χ2v) is 11.4. The van der Waals surface area contributed by atoms with Gasteiger partial charge < -0.3 is 19.4 Å². The lowest BCUT2D eigenvalue weighted by Crippen LogP contribution is -2.23. The number of carbonyl (C=O) groups is 4. The maximum atomic E-state index is 12.6. The number of fused-ring (bicyclic) bond motifs is 2. The van der Waals surface area contributed by atoms with Crippen LogP contribution in [0.25, 0.3) is 10.2 Å². The monoisotopic (exact) mass is 561 g/mol. The first-order valence-electron chi connectivity index (χ1n) is 11.7. The highest BCUT2D eigenvalue weighted by molar-refractivity contribution is 8.00. The van der Waals surface area contributed by atoms with Crippen LogP contribution in [0.3, 0.4) is 0 Å². The van der Waals surface area contributed by atoms with Crippen LogP contribution in [0.15, 0.2) is 29.3 Å². The van der Waals surface area contributed by atoms with Crippen LogP contribution in [0.4, 0.5) is 5.00 Å². The van der Waals surface area contributed by atoms with Crippen LogP contribution in [-0.4, -0.2) is 54.0 Å². The zero-order valence-electron chi connectivity index (χ0n) is 20.5. The van der Waals surface area contributed by atoms with Crippen LogP contribution in [0.1, 0.15) is 40.1 Å². The van der Waals surface area contributed by atoms with Gasteiger partial charge in [-0.3, -0.25) is 14.4 Å². The van der Waals surface area contributed by atoms with Crippen molar-refractivity contribution < 1.29 is 28.7 Å². The van der Waals surface area contributed by atoms with Crippen molar-refractivity contribution in [2.45, 2.75) is 38.6 Å². The molecule has 1 aliphatic carbocycles. The van der Waals surface area contributed by atoms with Gasteiger partial charge in [0.25, 0.3) is 5.91 Å². The fraction of sp³-hybridized carbons (Fsp3) is 0.400. The molecule has 0 saturated carbocycles. The molecule has 196 valence electrons. The highest BCUT2D eigenvalue weighted by atomic mass is 32.2. The number of amides is 2. The molecule has 0 atom stereocenters. The zero-order valence-corrected chi connectivity index (χ0v) is 23.0. The maximum absolute atomic E-state index is 12.6. The number of esters is 2. The van der Waals surface area contributed by atoms with Gasteiger partial charge in [0.1, 0.15) is 11.5 Å². The number of methoxy groups -OCH3 is 2. The molecule has 37 heavy (non-hydrogen) atoms. The lowest BCUT2D eigenvalue weighted by atomic mass is 10.1. The summed E-state index contributed by atoms with van der Waals surface area (Å²) in [7, 11) is 2.65. The van der Waals surface area contributed by atoms with Crippen LogP contribution < -0.4 is 10.1 Å². The number of para-hydroxylation sites is 1. The smallest absolute Gasteiger partial charge is 0.341 e.